The highest BCUT2D eigenvalue weighted by Crippen LogP contribution is 2.20. The molecule has 148 valence electrons. The molecule has 1 heterocycles. The SMILES string of the molecule is COC(=O)c1ccccc1/C=C(\C#N)C(=O)Nc1ccc(N2CCOCC2)cc1. The summed E-state index contributed by atoms with van der Waals surface area (Å²) in [5.41, 5.74) is 2.24. The number of nitrogens with zero attached hydrogens (tertiary/aromatic N) is 2. The lowest BCUT2D eigenvalue weighted by molar-refractivity contribution is -0.112. The Kier molecular flexibility index (Phi) is 6.61. The van der Waals surface area contributed by atoms with Crippen LogP contribution in [0.25, 0.3) is 6.08 Å². The van der Waals surface area contributed by atoms with E-state index < -0.39 is 11.9 Å². The molecule has 1 aliphatic rings. The van der Waals surface area contributed by atoms with E-state index in [-0.39, 0.29) is 11.1 Å². The second-order valence-corrected chi connectivity index (χ2v) is 6.35. The van der Waals surface area contributed by atoms with Crippen LogP contribution in [0.3, 0.4) is 0 Å². The standard InChI is InChI=1S/C22H21N3O4/c1-28-22(27)20-5-3-2-4-16(20)14-17(15-23)21(26)24-18-6-8-19(9-7-18)25-10-12-29-13-11-25/h2-9,14H,10-13H2,1H3,(H,24,26)/b17-14+. The number of methoxy groups -OCH3 is 1. The van der Waals surface area contributed by atoms with Crippen molar-refractivity contribution in [2.45, 2.75) is 0 Å². The highest BCUT2D eigenvalue weighted by molar-refractivity contribution is 6.10. The maximum absolute atomic E-state index is 12.5. The summed E-state index contributed by atoms with van der Waals surface area (Å²) in [6.07, 6.45) is 1.38. The highest BCUT2D eigenvalue weighted by atomic mass is 16.5. The zero-order valence-corrected chi connectivity index (χ0v) is 16.1. The molecule has 0 aromatic heterocycles. The molecule has 2 aromatic rings. The number of amides is 1. The minimum atomic E-state index is -0.550. The van der Waals surface area contributed by atoms with E-state index in [2.05, 4.69) is 10.2 Å². The highest BCUT2D eigenvalue weighted by Gasteiger charge is 2.15. The molecule has 7 nitrogen and oxygen atoms in total. The van der Waals surface area contributed by atoms with E-state index in [0.717, 1.165) is 18.8 Å². The molecule has 1 saturated heterocycles. The van der Waals surface area contributed by atoms with Gasteiger partial charge < -0.3 is 19.7 Å². The number of rotatable bonds is 5. The summed E-state index contributed by atoms with van der Waals surface area (Å²) in [5, 5.41) is 12.1. The van der Waals surface area contributed by atoms with Crippen molar-refractivity contribution in [2.24, 2.45) is 0 Å². The fraction of sp³-hybridized carbons (Fsp3) is 0.227. The molecule has 0 spiro atoms. The van der Waals surface area contributed by atoms with Crippen molar-refractivity contribution < 1.29 is 19.1 Å². The van der Waals surface area contributed by atoms with Crippen molar-refractivity contribution in [3.05, 3.63) is 65.2 Å². The van der Waals surface area contributed by atoms with E-state index in [9.17, 15) is 14.9 Å². The number of morpholine rings is 1. The van der Waals surface area contributed by atoms with Crippen molar-refractivity contribution in [3.8, 4) is 6.07 Å². The minimum Gasteiger partial charge on any atom is -0.465 e. The number of carbonyl (C=O) groups excluding carboxylic acids is 2. The molecule has 7 heteroatoms. The van der Waals surface area contributed by atoms with E-state index in [1.807, 2.05) is 18.2 Å². The van der Waals surface area contributed by atoms with Crippen LogP contribution < -0.4 is 10.2 Å². The molecule has 0 atom stereocenters. The van der Waals surface area contributed by atoms with Crippen molar-refractivity contribution in [1.82, 2.24) is 0 Å². The molecule has 0 aliphatic carbocycles. The van der Waals surface area contributed by atoms with Gasteiger partial charge >= 0.3 is 5.97 Å². The van der Waals surface area contributed by atoms with Crippen molar-refractivity contribution in [2.75, 3.05) is 43.6 Å². The first-order valence-corrected chi connectivity index (χ1v) is 9.15. The maximum atomic E-state index is 12.5. The number of nitrogens with one attached hydrogen (secondary N) is 1. The van der Waals surface area contributed by atoms with Gasteiger partial charge in [-0.3, -0.25) is 4.79 Å². The number of hydrogen-bond acceptors (Lipinski definition) is 6. The smallest absolute Gasteiger partial charge is 0.338 e. The van der Waals surface area contributed by atoms with Gasteiger partial charge in [0.05, 0.1) is 25.9 Å². The molecular formula is C22H21N3O4. The second kappa shape index (κ2) is 9.53. The molecule has 1 amide bonds. The van der Waals surface area contributed by atoms with Crippen LogP contribution in [0, 0.1) is 11.3 Å². The third kappa shape index (κ3) is 5.00. The molecule has 29 heavy (non-hydrogen) atoms. The Morgan fingerprint density at radius 2 is 1.83 bits per heavy atom. The van der Waals surface area contributed by atoms with E-state index in [4.69, 9.17) is 9.47 Å². The predicted octanol–water partition coefficient (Wildman–Crippen LogP) is 2.86. The summed E-state index contributed by atoms with van der Waals surface area (Å²) in [5.74, 6) is -1.08. The fourth-order valence-electron chi connectivity index (χ4n) is 3.00. The summed E-state index contributed by atoms with van der Waals surface area (Å²) in [6, 6.07) is 15.9. The molecule has 0 radical (unpaired) electrons. The molecule has 1 fully saturated rings. The number of anilines is 2. The molecule has 3 rings (SSSR count). The average Bonchev–Trinajstić information content (AvgIpc) is 2.78. The topological polar surface area (TPSA) is 91.7 Å². The van der Waals surface area contributed by atoms with E-state index in [0.29, 0.717) is 24.5 Å². The minimum absolute atomic E-state index is 0.112. The predicted molar refractivity (Wildman–Crippen MR) is 109 cm³/mol. The van der Waals surface area contributed by atoms with Gasteiger partial charge in [0.15, 0.2) is 0 Å². The molecule has 1 N–H and O–H groups in total. The Labute approximate surface area is 169 Å². The number of nitriles is 1. The number of carbonyl (C=O) groups is 2. The van der Waals surface area contributed by atoms with Gasteiger partial charge in [-0.1, -0.05) is 18.2 Å². The first-order chi connectivity index (χ1) is 14.1. The van der Waals surface area contributed by atoms with E-state index in [1.165, 1.54) is 13.2 Å². The molecule has 2 aromatic carbocycles. The Bertz CT molecular complexity index is 955. The largest absolute Gasteiger partial charge is 0.465 e. The zero-order valence-electron chi connectivity index (χ0n) is 16.1. The van der Waals surface area contributed by atoms with Crippen LogP contribution in [-0.2, 0) is 14.3 Å². The lowest BCUT2D eigenvalue weighted by Crippen LogP contribution is -2.36. The van der Waals surface area contributed by atoms with Gasteiger partial charge in [0.2, 0.25) is 0 Å². The van der Waals surface area contributed by atoms with Crippen LogP contribution in [0.1, 0.15) is 15.9 Å². The summed E-state index contributed by atoms with van der Waals surface area (Å²) < 4.78 is 10.1. The zero-order chi connectivity index (χ0) is 20.6. The second-order valence-electron chi connectivity index (χ2n) is 6.35. The summed E-state index contributed by atoms with van der Waals surface area (Å²) in [7, 11) is 1.28. The molecular weight excluding hydrogens is 370 g/mol. The maximum Gasteiger partial charge on any atom is 0.338 e. The lowest BCUT2D eigenvalue weighted by atomic mass is 10.0. The summed E-state index contributed by atoms with van der Waals surface area (Å²) >= 11 is 0. The van der Waals surface area contributed by atoms with Gasteiger partial charge in [0.1, 0.15) is 11.6 Å². The van der Waals surface area contributed by atoms with Gasteiger partial charge in [-0.05, 0) is 42.0 Å². The summed E-state index contributed by atoms with van der Waals surface area (Å²) in [6.45, 7) is 3.04. The first kappa shape index (κ1) is 20.1. The van der Waals surface area contributed by atoms with Crippen LogP contribution >= 0.6 is 0 Å². The van der Waals surface area contributed by atoms with Crippen LogP contribution in [0.5, 0.6) is 0 Å². The monoisotopic (exact) mass is 391 g/mol. The van der Waals surface area contributed by atoms with Crippen molar-refractivity contribution >= 4 is 29.3 Å². The third-order valence-corrected chi connectivity index (χ3v) is 4.53. The lowest BCUT2D eigenvalue weighted by Gasteiger charge is -2.28. The quantitative estimate of drug-likeness (QED) is 0.479. The van der Waals surface area contributed by atoms with Gasteiger partial charge in [0, 0.05) is 24.5 Å². The number of esters is 1. The van der Waals surface area contributed by atoms with Crippen molar-refractivity contribution in [3.63, 3.8) is 0 Å². The van der Waals surface area contributed by atoms with E-state index in [1.54, 1.807) is 36.4 Å². The number of hydrogen-bond donors (Lipinski definition) is 1. The van der Waals surface area contributed by atoms with Gasteiger partial charge in [-0.2, -0.15) is 5.26 Å². The van der Waals surface area contributed by atoms with Gasteiger partial charge in [0.25, 0.3) is 5.91 Å². The Morgan fingerprint density at radius 3 is 2.48 bits per heavy atom. The van der Waals surface area contributed by atoms with E-state index >= 15 is 0 Å². The van der Waals surface area contributed by atoms with Gasteiger partial charge in [-0.15, -0.1) is 0 Å². The van der Waals surface area contributed by atoms with Crippen LogP contribution in [0.2, 0.25) is 0 Å². The van der Waals surface area contributed by atoms with Crippen LogP contribution in [-0.4, -0.2) is 45.3 Å². The molecule has 0 unspecified atom stereocenters. The average molecular weight is 391 g/mol. The summed E-state index contributed by atoms with van der Waals surface area (Å²) in [4.78, 5) is 26.6. The first-order valence-electron chi connectivity index (χ1n) is 9.15. The molecule has 0 saturated carbocycles. The van der Waals surface area contributed by atoms with Gasteiger partial charge in [-0.25, -0.2) is 4.79 Å². The Morgan fingerprint density at radius 1 is 1.14 bits per heavy atom. The fourth-order valence-corrected chi connectivity index (χ4v) is 3.00. The normalized spacial score (nSPS) is 14.1. The Balaban J connectivity index is 1.74. The van der Waals surface area contributed by atoms with Crippen molar-refractivity contribution in [1.29, 1.82) is 5.26 Å². The molecule has 1 aliphatic heterocycles. The third-order valence-electron chi connectivity index (χ3n) is 4.53. The molecule has 0 bridgehead atoms. The number of ether oxygens (including phenoxy) is 2. The number of benzene rings is 2. The van der Waals surface area contributed by atoms with Crippen LogP contribution in [0.4, 0.5) is 11.4 Å². The van der Waals surface area contributed by atoms with Crippen LogP contribution in [0.15, 0.2) is 54.1 Å². The Hall–Kier alpha value is -3.63.